The molecule has 0 saturated carbocycles. The maximum Gasteiger partial charge on any atom is 0.274 e. The van der Waals surface area contributed by atoms with Crippen LogP contribution in [0.25, 0.3) is 0 Å². The predicted molar refractivity (Wildman–Crippen MR) is 64.2 cm³/mol. The highest BCUT2D eigenvalue weighted by atomic mass is 19.1. The molecule has 0 spiro atoms. The van der Waals surface area contributed by atoms with Crippen LogP contribution < -0.4 is 16.6 Å². The fraction of sp³-hybridized carbons (Fsp3) is 0. The Morgan fingerprint density at radius 1 is 1.33 bits per heavy atom. The molecule has 4 N–H and O–H groups in total. The molecule has 0 fully saturated rings. The Kier molecular flexibility index (Phi) is 3.44. The predicted octanol–water partition coefficient (Wildman–Crippen LogP) is 1.15. The van der Waals surface area contributed by atoms with E-state index in [1.54, 1.807) is 6.07 Å². The lowest BCUT2D eigenvalue weighted by molar-refractivity contribution is 0.102. The van der Waals surface area contributed by atoms with E-state index in [9.17, 15) is 9.18 Å². The Balaban J connectivity index is 2.19. The molecule has 1 amide bonds. The van der Waals surface area contributed by atoms with Crippen LogP contribution in [0.4, 0.5) is 15.8 Å². The van der Waals surface area contributed by atoms with Crippen LogP contribution in [0.5, 0.6) is 0 Å². The summed E-state index contributed by atoms with van der Waals surface area (Å²) < 4.78 is 13.3. The van der Waals surface area contributed by atoms with Crippen LogP contribution in [0.1, 0.15) is 10.5 Å². The number of halogens is 1. The third kappa shape index (κ3) is 2.58. The average molecular weight is 247 g/mol. The molecule has 92 valence electrons. The minimum Gasteiger partial charge on any atom is -0.324 e. The lowest BCUT2D eigenvalue weighted by Gasteiger charge is -2.06. The summed E-state index contributed by atoms with van der Waals surface area (Å²) in [6.45, 7) is 0. The van der Waals surface area contributed by atoms with Gasteiger partial charge in [-0.1, -0.05) is 0 Å². The molecule has 0 radical (unpaired) electrons. The second kappa shape index (κ2) is 5.19. The minimum absolute atomic E-state index is 0.0444. The van der Waals surface area contributed by atoms with Gasteiger partial charge in [0.25, 0.3) is 5.91 Å². The highest BCUT2D eigenvalue weighted by Gasteiger charge is 2.10. The van der Waals surface area contributed by atoms with Gasteiger partial charge in [0.05, 0.1) is 17.6 Å². The molecule has 6 nitrogen and oxygen atoms in total. The largest absolute Gasteiger partial charge is 0.324 e. The molecular weight excluding hydrogens is 237 g/mol. The first-order valence-corrected chi connectivity index (χ1v) is 5.04. The van der Waals surface area contributed by atoms with Crippen LogP contribution >= 0.6 is 0 Å². The number of nitrogens with one attached hydrogen (secondary N) is 2. The van der Waals surface area contributed by atoms with Gasteiger partial charge in [-0.3, -0.25) is 20.6 Å². The van der Waals surface area contributed by atoms with Crippen molar-refractivity contribution in [1.29, 1.82) is 0 Å². The molecule has 2 aromatic heterocycles. The molecule has 0 bridgehead atoms. The smallest absolute Gasteiger partial charge is 0.274 e. The highest BCUT2D eigenvalue weighted by molar-refractivity contribution is 6.03. The van der Waals surface area contributed by atoms with Crippen LogP contribution in [-0.4, -0.2) is 15.9 Å². The molecule has 18 heavy (non-hydrogen) atoms. The van der Waals surface area contributed by atoms with E-state index in [2.05, 4.69) is 20.7 Å². The Morgan fingerprint density at radius 3 is 2.89 bits per heavy atom. The van der Waals surface area contributed by atoms with Gasteiger partial charge in [0, 0.05) is 12.4 Å². The number of amides is 1. The van der Waals surface area contributed by atoms with Crippen LogP contribution in [0.2, 0.25) is 0 Å². The molecule has 2 rings (SSSR count). The van der Waals surface area contributed by atoms with Gasteiger partial charge in [-0.2, -0.15) is 0 Å². The number of hydrogen-bond donors (Lipinski definition) is 3. The number of pyridine rings is 2. The van der Waals surface area contributed by atoms with Crippen molar-refractivity contribution in [2.75, 3.05) is 10.7 Å². The zero-order chi connectivity index (χ0) is 13.0. The van der Waals surface area contributed by atoms with Gasteiger partial charge in [-0.15, -0.1) is 0 Å². The van der Waals surface area contributed by atoms with Crippen molar-refractivity contribution in [3.8, 4) is 0 Å². The van der Waals surface area contributed by atoms with Crippen LogP contribution in [0.15, 0.2) is 36.8 Å². The van der Waals surface area contributed by atoms with Gasteiger partial charge in [0.2, 0.25) is 0 Å². The number of nitrogen functional groups attached to an aromatic ring is 1. The first kappa shape index (κ1) is 11.9. The summed E-state index contributed by atoms with van der Waals surface area (Å²) in [7, 11) is 0. The number of nitrogens with zero attached hydrogens (tertiary/aromatic N) is 2. The summed E-state index contributed by atoms with van der Waals surface area (Å²) in [5.41, 5.74) is 3.10. The zero-order valence-corrected chi connectivity index (χ0v) is 9.22. The van der Waals surface area contributed by atoms with Crippen LogP contribution in [0, 0.1) is 5.82 Å². The molecule has 0 aliphatic rings. The molecule has 0 aliphatic carbocycles. The Bertz CT molecular complexity index is 575. The number of hydrogen-bond acceptors (Lipinski definition) is 5. The van der Waals surface area contributed by atoms with Gasteiger partial charge in [0.15, 0.2) is 5.82 Å². The fourth-order valence-electron chi connectivity index (χ4n) is 1.31. The number of hydrazine groups is 1. The molecule has 0 saturated heterocycles. The van der Waals surface area contributed by atoms with E-state index >= 15 is 0 Å². The van der Waals surface area contributed by atoms with Crippen molar-refractivity contribution in [2.45, 2.75) is 0 Å². The Labute approximate surface area is 102 Å². The maximum atomic E-state index is 13.3. The Hall–Kier alpha value is -2.54. The van der Waals surface area contributed by atoms with Gasteiger partial charge in [0.1, 0.15) is 5.69 Å². The van der Waals surface area contributed by atoms with Crippen molar-refractivity contribution in [3.05, 3.63) is 48.3 Å². The lowest BCUT2D eigenvalue weighted by atomic mass is 10.3. The van der Waals surface area contributed by atoms with Gasteiger partial charge >= 0.3 is 0 Å². The lowest BCUT2D eigenvalue weighted by Crippen LogP contribution is -2.16. The number of carbonyl (C=O) groups is 1. The third-order valence-corrected chi connectivity index (χ3v) is 2.18. The Morgan fingerprint density at radius 2 is 2.17 bits per heavy atom. The summed E-state index contributed by atoms with van der Waals surface area (Å²) in [5, 5.41) is 2.39. The number of anilines is 2. The zero-order valence-electron chi connectivity index (χ0n) is 9.22. The normalized spacial score (nSPS) is 9.89. The summed E-state index contributed by atoms with van der Waals surface area (Å²) in [6.07, 6.45) is 3.82. The summed E-state index contributed by atoms with van der Waals surface area (Å²) >= 11 is 0. The van der Waals surface area contributed by atoms with E-state index in [-0.39, 0.29) is 11.4 Å². The van der Waals surface area contributed by atoms with Crippen molar-refractivity contribution in [3.63, 3.8) is 0 Å². The molecule has 7 heteroatoms. The van der Waals surface area contributed by atoms with Crippen molar-refractivity contribution in [2.24, 2.45) is 5.84 Å². The number of aromatic nitrogens is 2. The second-order valence-electron chi connectivity index (χ2n) is 3.38. The SMILES string of the molecule is NNc1ccnc(C(=O)Nc2ccncc2F)c1. The first-order valence-electron chi connectivity index (χ1n) is 5.04. The maximum absolute atomic E-state index is 13.3. The minimum atomic E-state index is -0.612. The van der Waals surface area contributed by atoms with E-state index in [1.807, 2.05) is 0 Å². The summed E-state index contributed by atoms with van der Waals surface area (Å²) in [6, 6.07) is 4.41. The number of rotatable bonds is 3. The van der Waals surface area contributed by atoms with Crippen molar-refractivity contribution < 1.29 is 9.18 Å². The van der Waals surface area contributed by atoms with Gasteiger partial charge < -0.3 is 10.7 Å². The van der Waals surface area contributed by atoms with Gasteiger partial charge in [-0.05, 0) is 18.2 Å². The standard InChI is InChI=1S/C11H10FN5O/c12-8-6-14-3-2-9(8)16-11(18)10-5-7(17-13)1-4-15-10/h1-6H,13H2,(H,15,17)(H,14,16,18). The summed E-state index contributed by atoms with van der Waals surface area (Å²) in [5.74, 6) is 4.08. The quantitative estimate of drug-likeness (QED) is 0.559. The molecule has 2 heterocycles. The van der Waals surface area contributed by atoms with E-state index in [0.29, 0.717) is 5.69 Å². The molecule has 0 unspecified atom stereocenters. The number of nitrogens with two attached hydrogens (primary N) is 1. The van der Waals surface area contributed by atoms with Crippen molar-refractivity contribution in [1.82, 2.24) is 9.97 Å². The fourth-order valence-corrected chi connectivity index (χ4v) is 1.31. The van der Waals surface area contributed by atoms with E-state index in [0.717, 1.165) is 6.20 Å². The van der Waals surface area contributed by atoms with E-state index < -0.39 is 11.7 Å². The molecule has 0 aromatic carbocycles. The molecular formula is C11H10FN5O. The average Bonchev–Trinajstić information content (AvgIpc) is 2.41. The monoisotopic (exact) mass is 247 g/mol. The second-order valence-corrected chi connectivity index (χ2v) is 3.38. The molecule has 0 atom stereocenters. The molecule has 2 aromatic rings. The topological polar surface area (TPSA) is 92.9 Å². The summed E-state index contributed by atoms with van der Waals surface area (Å²) in [4.78, 5) is 19.3. The number of carbonyl (C=O) groups excluding carboxylic acids is 1. The van der Waals surface area contributed by atoms with E-state index in [4.69, 9.17) is 5.84 Å². The highest BCUT2D eigenvalue weighted by Crippen LogP contribution is 2.13. The van der Waals surface area contributed by atoms with Crippen LogP contribution in [0.3, 0.4) is 0 Å². The first-order chi connectivity index (χ1) is 8.70. The van der Waals surface area contributed by atoms with Gasteiger partial charge in [-0.25, -0.2) is 4.39 Å². The van der Waals surface area contributed by atoms with Crippen LogP contribution in [-0.2, 0) is 0 Å². The van der Waals surface area contributed by atoms with Crippen molar-refractivity contribution >= 4 is 17.3 Å². The van der Waals surface area contributed by atoms with E-state index in [1.165, 1.54) is 24.5 Å². The molecule has 0 aliphatic heterocycles. The third-order valence-electron chi connectivity index (χ3n) is 2.18.